The topological polar surface area (TPSA) is 54.4 Å². The van der Waals surface area contributed by atoms with E-state index in [1.807, 2.05) is 7.05 Å². The Balaban J connectivity index is 1.38. The molecule has 0 aromatic rings. The molecule has 3 saturated heterocycles. The predicted molar refractivity (Wildman–Crippen MR) is 110 cm³/mol. The molecule has 7 heteroatoms. The maximum atomic E-state index is 12.5. The molecule has 1 unspecified atom stereocenters. The number of nitrogens with one attached hydrogen (secondary N) is 1. The highest BCUT2D eigenvalue weighted by molar-refractivity contribution is 5.80. The number of nitrogens with zero attached hydrogens (tertiary/aromatic N) is 5. The zero-order chi connectivity index (χ0) is 19.1. The minimum Gasteiger partial charge on any atom is -0.356 e. The molecule has 0 saturated carbocycles. The molecular formula is C20H38N6O. The monoisotopic (exact) mass is 378 g/mol. The van der Waals surface area contributed by atoms with Gasteiger partial charge in [-0.25, -0.2) is 0 Å². The number of hydrogen-bond donors (Lipinski definition) is 1. The number of guanidine groups is 1. The predicted octanol–water partition coefficient (Wildman–Crippen LogP) is 0.534. The van der Waals surface area contributed by atoms with Crippen molar-refractivity contribution in [2.45, 2.75) is 32.1 Å². The van der Waals surface area contributed by atoms with Crippen molar-refractivity contribution >= 4 is 11.9 Å². The zero-order valence-electron chi connectivity index (χ0n) is 17.3. The highest BCUT2D eigenvalue weighted by atomic mass is 16.2. The van der Waals surface area contributed by atoms with Crippen LogP contribution in [0.15, 0.2) is 4.99 Å². The first kappa shape index (κ1) is 20.4. The SMILES string of the molecule is CN=C(NCC1CCCN(C)C1)N1CCN(CC(=O)N2CCCCC2)CC1. The van der Waals surface area contributed by atoms with E-state index in [2.05, 4.69) is 37.0 Å². The molecule has 3 aliphatic rings. The van der Waals surface area contributed by atoms with Crippen LogP contribution in [-0.2, 0) is 4.79 Å². The molecule has 1 N–H and O–H groups in total. The van der Waals surface area contributed by atoms with Gasteiger partial charge in [0.15, 0.2) is 5.96 Å². The number of carbonyl (C=O) groups excluding carboxylic acids is 1. The fraction of sp³-hybridized carbons (Fsp3) is 0.900. The highest BCUT2D eigenvalue weighted by Crippen LogP contribution is 2.14. The van der Waals surface area contributed by atoms with Crippen molar-refractivity contribution in [1.82, 2.24) is 24.9 Å². The number of piperazine rings is 1. The van der Waals surface area contributed by atoms with Crippen LogP contribution in [0.2, 0.25) is 0 Å². The molecule has 154 valence electrons. The molecule has 3 heterocycles. The minimum absolute atomic E-state index is 0.312. The standard InChI is InChI=1S/C20H38N6O/c1-21-20(22-15-18-7-6-8-23(2)16-18)26-13-11-24(12-14-26)17-19(27)25-9-4-3-5-10-25/h18H,3-17H2,1-2H3,(H,21,22). The van der Waals surface area contributed by atoms with E-state index in [0.29, 0.717) is 18.4 Å². The number of piperidine rings is 2. The van der Waals surface area contributed by atoms with Gasteiger partial charge in [0.1, 0.15) is 0 Å². The van der Waals surface area contributed by atoms with Crippen LogP contribution in [0, 0.1) is 5.92 Å². The molecule has 0 spiro atoms. The Labute approximate surface area is 164 Å². The van der Waals surface area contributed by atoms with E-state index in [4.69, 9.17) is 0 Å². The van der Waals surface area contributed by atoms with Gasteiger partial charge in [0.2, 0.25) is 5.91 Å². The fourth-order valence-electron chi connectivity index (χ4n) is 4.56. The van der Waals surface area contributed by atoms with Gasteiger partial charge < -0.3 is 20.0 Å². The Morgan fingerprint density at radius 2 is 1.70 bits per heavy atom. The molecule has 0 aliphatic carbocycles. The van der Waals surface area contributed by atoms with Gasteiger partial charge in [0.25, 0.3) is 0 Å². The molecule has 1 atom stereocenters. The van der Waals surface area contributed by atoms with Gasteiger partial charge >= 0.3 is 0 Å². The van der Waals surface area contributed by atoms with Crippen LogP contribution in [0.25, 0.3) is 0 Å². The maximum Gasteiger partial charge on any atom is 0.236 e. The average molecular weight is 379 g/mol. The number of likely N-dealkylation sites (tertiary alicyclic amines) is 2. The highest BCUT2D eigenvalue weighted by Gasteiger charge is 2.24. The first-order valence-electron chi connectivity index (χ1n) is 10.8. The number of carbonyl (C=O) groups is 1. The first-order chi connectivity index (χ1) is 13.2. The van der Waals surface area contributed by atoms with E-state index in [0.717, 1.165) is 64.6 Å². The molecule has 3 rings (SSSR count). The van der Waals surface area contributed by atoms with Crippen molar-refractivity contribution in [2.24, 2.45) is 10.9 Å². The fourth-order valence-corrected chi connectivity index (χ4v) is 4.56. The Bertz CT molecular complexity index is 497. The summed E-state index contributed by atoms with van der Waals surface area (Å²) in [6.45, 7) is 9.64. The van der Waals surface area contributed by atoms with E-state index in [9.17, 15) is 4.79 Å². The molecule has 3 fully saturated rings. The van der Waals surface area contributed by atoms with Gasteiger partial charge in [0, 0.05) is 59.4 Å². The van der Waals surface area contributed by atoms with E-state index < -0.39 is 0 Å². The summed E-state index contributed by atoms with van der Waals surface area (Å²) in [6, 6.07) is 0. The van der Waals surface area contributed by atoms with Gasteiger partial charge in [-0.2, -0.15) is 0 Å². The second kappa shape index (κ2) is 10.3. The Hall–Kier alpha value is -1.34. The lowest BCUT2D eigenvalue weighted by Gasteiger charge is -2.38. The normalized spacial score (nSPS) is 26.3. The van der Waals surface area contributed by atoms with Crippen molar-refractivity contribution < 1.29 is 4.79 Å². The Morgan fingerprint density at radius 3 is 2.37 bits per heavy atom. The first-order valence-corrected chi connectivity index (χ1v) is 10.8. The van der Waals surface area contributed by atoms with Crippen LogP contribution in [0.4, 0.5) is 0 Å². The second-order valence-electron chi connectivity index (χ2n) is 8.40. The molecule has 0 bridgehead atoms. The lowest BCUT2D eigenvalue weighted by atomic mass is 9.98. The van der Waals surface area contributed by atoms with Crippen molar-refractivity contribution in [3.05, 3.63) is 0 Å². The number of aliphatic imine (C=N–C) groups is 1. The van der Waals surface area contributed by atoms with Crippen LogP contribution in [0.5, 0.6) is 0 Å². The zero-order valence-corrected chi connectivity index (χ0v) is 17.3. The van der Waals surface area contributed by atoms with Gasteiger partial charge in [-0.3, -0.25) is 14.7 Å². The summed E-state index contributed by atoms with van der Waals surface area (Å²) in [5, 5.41) is 3.59. The van der Waals surface area contributed by atoms with Crippen LogP contribution in [-0.4, -0.2) is 111 Å². The lowest BCUT2D eigenvalue weighted by Crippen LogP contribution is -2.55. The molecule has 0 radical (unpaired) electrons. The molecule has 0 aromatic heterocycles. The number of hydrogen-bond acceptors (Lipinski definition) is 4. The third-order valence-electron chi connectivity index (χ3n) is 6.22. The van der Waals surface area contributed by atoms with E-state index in [1.54, 1.807) is 0 Å². The van der Waals surface area contributed by atoms with Crippen LogP contribution in [0.3, 0.4) is 0 Å². The van der Waals surface area contributed by atoms with E-state index >= 15 is 0 Å². The van der Waals surface area contributed by atoms with Crippen LogP contribution < -0.4 is 5.32 Å². The third-order valence-corrected chi connectivity index (χ3v) is 6.22. The summed E-state index contributed by atoms with van der Waals surface area (Å²) in [5.41, 5.74) is 0. The largest absolute Gasteiger partial charge is 0.356 e. The molecule has 7 nitrogen and oxygen atoms in total. The van der Waals surface area contributed by atoms with Gasteiger partial charge in [0.05, 0.1) is 6.54 Å². The number of amides is 1. The summed E-state index contributed by atoms with van der Waals surface area (Å²) in [4.78, 5) is 26.1. The Kier molecular flexibility index (Phi) is 7.76. The van der Waals surface area contributed by atoms with E-state index in [1.165, 1.54) is 32.4 Å². The molecule has 1 amide bonds. The lowest BCUT2D eigenvalue weighted by molar-refractivity contribution is -0.133. The van der Waals surface area contributed by atoms with Gasteiger partial charge in [-0.1, -0.05) is 0 Å². The third kappa shape index (κ3) is 6.07. The smallest absolute Gasteiger partial charge is 0.236 e. The second-order valence-corrected chi connectivity index (χ2v) is 8.40. The number of rotatable bonds is 4. The summed E-state index contributed by atoms with van der Waals surface area (Å²) in [6.07, 6.45) is 6.20. The van der Waals surface area contributed by atoms with Crippen molar-refractivity contribution in [3.63, 3.8) is 0 Å². The molecular weight excluding hydrogens is 340 g/mol. The van der Waals surface area contributed by atoms with Crippen LogP contribution >= 0.6 is 0 Å². The van der Waals surface area contributed by atoms with Crippen molar-refractivity contribution in [3.8, 4) is 0 Å². The van der Waals surface area contributed by atoms with Gasteiger partial charge in [-0.05, 0) is 51.6 Å². The summed E-state index contributed by atoms with van der Waals surface area (Å²) in [7, 11) is 4.09. The maximum absolute atomic E-state index is 12.5. The Morgan fingerprint density at radius 1 is 0.963 bits per heavy atom. The summed E-state index contributed by atoms with van der Waals surface area (Å²) in [5.74, 6) is 2.04. The average Bonchev–Trinajstić information content (AvgIpc) is 2.70. The van der Waals surface area contributed by atoms with Crippen molar-refractivity contribution in [1.29, 1.82) is 0 Å². The molecule has 0 aromatic carbocycles. The molecule has 3 aliphatic heterocycles. The minimum atomic E-state index is 0.312. The molecule has 27 heavy (non-hydrogen) atoms. The van der Waals surface area contributed by atoms with Gasteiger partial charge in [-0.15, -0.1) is 0 Å². The van der Waals surface area contributed by atoms with Crippen LogP contribution in [0.1, 0.15) is 32.1 Å². The summed E-state index contributed by atoms with van der Waals surface area (Å²) < 4.78 is 0. The summed E-state index contributed by atoms with van der Waals surface area (Å²) >= 11 is 0. The van der Waals surface area contributed by atoms with E-state index in [-0.39, 0.29) is 0 Å². The quantitative estimate of drug-likeness (QED) is 0.571. The van der Waals surface area contributed by atoms with Crippen molar-refractivity contribution in [2.75, 3.05) is 79.5 Å².